The van der Waals surface area contributed by atoms with Gasteiger partial charge in [0.25, 0.3) is 0 Å². The Hall–Kier alpha value is -2.48. The molecule has 0 bridgehead atoms. The number of piperidine rings is 1. The standard InChI is InChI=1S/C23H23NO4S2/c25-29(26,21-11-5-2-6-12-21)22-14-16-24(17-15-22)30(27,28)23-13-7-10-20(18-23)19-8-3-1-4-9-19/h1-13,18,22H,14-17H2. The Labute approximate surface area is 178 Å². The molecule has 7 heteroatoms. The molecule has 0 aliphatic carbocycles. The molecule has 5 nitrogen and oxygen atoms in total. The molecule has 1 aliphatic heterocycles. The quantitative estimate of drug-likeness (QED) is 0.600. The summed E-state index contributed by atoms with van der Waals surface area (Å²) in [5.41, 5.74) is 1.78. The maximum atomic E-state index is 13.2. The van der Waals surface area contributed by atoms with E-state index in [4.69, 9.17) is 0 Å². The van der Waals surface area contributed by atoms with Crippen molar-refractivity contribution in [1.29, 1.82) is 0 Å². The minimum absolute atomic E-state index is 0.189. The third-order valence-corrected chi connectivity index (χ3v) is 9.66. The van der Waals surface area contributed by atoms with Crippen LogP contribution < -0.4 is 0 Å². The van der Waals surface area contributed by atoms with E-state index in [9.17, 15) is 16.8 Å². The molecular weight excluding hydrogens is 418 g/mol. The maximum Gasteiger partial charge on any atom is 0.243 e. The van der Waals surface area contributed by atoms with Gasteiger partial charge in [-0.05, 0) is 48.2 Å². The van der Waals surface area contributed by atoms with Crippen molar-refractivity contribution < 1.29 is 16.8 Å². The van der Waals surface area contributed by atoms with Crippen LogP contribution in [-0.4, -0.2) is 39.5 Å². The van der Waals surface area contributed by atoms with E-state index in [-0.39, 0.29) is 30.8 Å². The fourth-order valence-corrected chi connectivity index (χ4v) is 7.07. The molecule has 0 N–H and O–H groups in total. The molecule has 1 heterocycles. The van der Waals surface area contributed by atoms with Crippen molar-refractivity contribution in [3.63, 3.8) is 0 Å². The van der Waals surface area contributed by atoms with Gasteiger partial charge in [-0.15, -0.1) is 0 Å². The van der Waals surface area contributed by atoms with Crippen molar-refractivity contribution >= 4 is 19.9 Å². The summed E-state index contributed by atoms with van der Waals surface area (Å²) in [6.45, 7) is 0.378. The monoisotopic (exact) mass is 441 g/mol. The number of hydrogen-bond acceptors (Lipinski definition) is 4. The molecule has 0 atom stereocenters. The first kappa shape index (κ1) is 20.8. The van der Waals surface area contributed by atoms with Gasteiger partial charge in [0.15, 0.2) is 9.84 Å². The number of rotatable bonds is 5. The molecule has 0 aromatic heterocycles. The lowest BCUT2D eigenvalue weighted by molar-refractivity contribution is 0.345. The second-order valence-electron chi connectivity index (χ2n) is 7.36. The first-order chi connectivity index (χ1) is 14.4. The van der Waals surface area contributed by atoms with Gasteiger partial charge < -0.3 is 0 Å². The van der Waals surface area contributed by atoms with Gasteiger partial charge in [0.05, 0.1) is 15.0 Å². The molecule has 30 heavy (non-hydrogen) atoms. The van der Waals surface area contributed by atoms with Crippen molar-refractivity contribution in [2.45, 2.75) is 27.9 Å². The van der Waals surface area contributed by atoms with Crippen LogP contribution in [-0.2, 0) is 19.9 Å². The molecule has 1 saturated heterocycles. The number of hydrogen-bond donors (Lipinski definition) is 0. The summed E-state index contributed by atoms with van der Waals surface area (Å²) in [5, 5.41) is -0.568. The van der Waals surface area contributed by atoms with Crippen molar-refractivity contribution in [2.75, 3.05) is 13.1 Å². The predicted molar refractivity (Wildman–Crippen MR) is 117 cm³/mol. The van der Waals surface area contributed by atoms with Crippen molar-refractivity contribution in [2.24, 2.45) is 0 Å². The highest BCUT2D eigenvalue weighted by Crippen LogP contribution is 2.29. The summed E-state index contributed by atoms with van der Waals surface area (Å²) < 4.78 is 53.4. The minimum atomic E-state index is -3.69. The molecule has 0 amide bonds. The van der Waals surface area contributed by atoms with Crippen LogP contribution in [0.1, 0.15) is 12.8 Å². The predicted octanol–water partition coefficient (Wildman–Crippen LogP) is 3.98. The largest absolute Gasteiger partial charge is 0.243 e. The molecule has 0 unspecified atom stereocenters. The molecule has 0 radical (unpaired) electrons. The summed E-state index contributed by atoms with van der Waals surface area (Å²) in [6.07, 6.45) is 0.573. The first-order valence-corrected chi connectivity index (χ1v) is 12.8. The summed E-state index contributed by atoms with van der Waals surface area (Å²) >= 11 is 0. The van der Waals surface area contributed by atoms with Crippen LogP contribution in [0.15, 0.2) is 94.7 Å². The number of benzene rings is 3. The lowest BCUT2D eigenvalue weighted by atomic mass is 10.1. The Morgan fingerprint density at radius 1 is 0.633 bits per heavy atom. The van der Waals surface area contributed by atoms with Crippen LogP contribution in [0.3, 0.4) is 0 Å². The average Bonchev–Trinajstić information content (AvgIpc) is 2.80. The van der Waals surface area contributed by atoms with Crippen LogP contribution in [0.2, 0.25) is 0 Å². The maximum absolute atomic E-state index is 13.2. The van der Waals surface area contributed by atoms with Gasteiger partial charge in [-0.25, -0.2) is 16.8 Å². The molecule has 0 saturated carbocycles. The SMILES string of the molecule is O=S(=O)(c1ccccc1)C1CCN(S(=O)(=O)c2cccc(-c3ccccc3)c2)CC1. The van der Waals surface area contributed by atoms with Gasteiger partial charge in [-0.2, -0.15) is 4.31 Å². The Bertz CT molecular complexity index is 1220. The third-order valence-electron chi connectivity index (χ3n) is 5.49. The number of sulfonamides is 1. The van der Waals surface area contributed by atoms with Gasteiger partial charge in [-0.1, -0.05) is 60.7 Å². The Morgan fingerprint density at radius 2 is 1.17 bits per heavy atom. The summed E-state index contributed by atoms with van der Waals surface area (Å²) in [5.74, 6) is 0. The molecule has 0 spiro atoms. The second kappa shape index (κ2) is 8.34. The van der Waals surface area contributed by atoms with Crippen LogP contribution in [0, 0.1) is 0 Å². The van der Waals surface area contributed by atoms with E-state index >= 15 is 0 Å². The smallest absolute Gasteiger partial charge is 0.223 e. The molecule has 3 aromatic carbocycles. The molecule has 1 aliphatic rings. The fourth-order valence-electron chi connectivity index (χ4n) is 3.80. The highest BCUT2D eigenvalue weighted by molar-refractivity contribution is 7.92. The van der Waals surface area contributed by atoms with Gasteiger partial charge >= 0.3 is 0 Å². The summed E-state index contributed by atoms with van der Waals surface area (Å²) in [6, 6.07) is 24.9. The zero-order chi connectivity index (χ0) is 21.2. The van der Waals surface area contributed by atoms with Gasteiger partial charge in [-0.3, -0.25) is 0 Å². The van der Waals surface area contributed by atoms with Crippen molar-refractivity contribution in [3.05, 3.63) is 84.9 Å². The summed E-state index contributed by atoms with van der Waals surface area (Å²) in [4.78, 5) is 0.523. The molecule has 1 fully saturated rings. The molecule has 156 valence electrons. The molecular formula is C23H23NO4S2. The van der Waals surface area contributed by atoms with Crippen LogP contribution in [0.5, 0.6) is 0 Å². The van der Waals surface area contributed by atoms with E-state index in [2.05, 4.69) is 0 Å². The lowest BCUT2D eigenvalue weighted by Crippen LogP contribution is -2.42. The Morgan fingerprint density at radius 3 is 1.80 bits per heavy atom. The van der Waals surface area contributed by atoms with Gasteiger partial charge in [0.2, 0.25) is 10.0 Å². The first-order valence-electron chi connectivity index (χ1n) is 9.83. The van der Waals surface area contributed by atoms with Crippen LogP contribution in [0.4, 0.5) is 0 Å². The number of sulfone groups is 1. The zero-order valence-electron chi connectivity index (χ0n) is 16.4. The Balaban J connectivity index is 1.52. The van der Waals surface area contributed by atoms with Gasteiger partial charge in [0.1, 0.15) is 0 Å². The highest BCUT2D eigenvalue weighted by atomic mass is 32.2. The second-order valence-corrected chi connectivity index (χ2v) is 11.5. The molecule has 4 rings (SSSR count). The van der Waals surface area contributed by atoms with Crippen molar-refractivity contribution in [1.82, 2.24) is 4.31 Å². The fraction of sp³-hybridized carbons (Fsp3) is 0.217. The number of nitrogens with zero attached hydrogens (tertiary/aromatic N) is 1. The topological polar surface area (TPSA) is 71.5 Å². The summed E-state index contributed by atoms with van der Waals surface area (Å²) in [7, 11) is -7.15. The van der Waals surface area contributed by atoms with E-state index in [1.807, 2.05) is 36.4 Å². The Kier molecular flexibility index (Phi) is 5.77. The van der Waals surface area contributed by atoms with Crippen molar-refractivity contribution in [3.8, 4) is 11.1 Å². The lowest BCUT2D eigenvalue weighted by Gasteiger charge is -2.31. The zero-order valence-corrected chi connectivity index (χ0v) is 18.0. The van der Waals surface area contributed by atoms with Crippen LogP contribution >= 0.6 is 0 Å². The van der Waals surface area contributed by atoms with E-state index in [0.717, 1.165) is 11.1 Å². The van der Waals surface area contributed by atoms with E-state index < -0.39 is 25.1 Å². The van der Waals surface area contributed by atoms with Crippen LogP contribution in [0.25, 0.3) is 11.1 Å². The van der Waals surface area contributed by atoms with E-state index in [1.165, 1.54) is 4.31 Å². The average molecular weight is 442 g/mol. The normalized spacial score (nSPS) is 16.4. The third kappa shape index (κ3) is 4.05. The highest BCUT2D eigenvalue weighted by Gasteiger charge is 2.35. The van der Waals surface area contributed by atoms with Gasteiger partial charge in [0, 0.05) is 13.1 Å². The van der Waals surface area contributed by atoms with E-state index in [1.54, 1.807) is 48.5 Å². The minimum Gasteiger partial charge on any atom is -0.223 e. The van der Waals surface area contributed by atoms with E-state index in [0.29, 0.717) is 4.90 Å². The molecule has 3 aromatic rings.